The maximum atomic E-state index is 12.6. The molecule has 3 aromatic rings. The summed E-state index contributed by atoms with van der Waals surface area (Å²) in [5.74, 6) is 0.189. The molecule has 2 heterocycles. The van der Waals surface area contributed by atoms with Gasteiger partial charge in [0.05, 0.1) is 18.4 Å². The van der Waals surface area contributed by atoms with Gasteiger partial charge in [0, 0.05) is 22.0 Å². The first-order valence-corrected chi connectivity index (χ1v) is 11.9. The lowest BCUT2D eigenvalue weighted by molar-refractivity contribution is -0.113. The molecule has 1 N–H and O–H groups in total. The van der Waals surface area contributed by atoms with Crippen LogP contribution < -0.4 is 5.32 Å². The summed E-state index contributed by atoms with van der Waals surface area (Å²) >= 11 is 8.65. The van der Waals surface area contributed by atoms with Gasteiger partial charge in [0.25, 0.3) is 0 Å². The molecule has 0 aliphatic rings. The van der Waals surface area contributed by atoms with Gasteiger partial charge in [-0.1, -0.05) is 30.3 Å². The molecule has 0 aliphatic heterocycles. The van der Waals surface area contributed by atoms with Crippen molar-refractivity contribution in [3.63, 3.8) is 0 Å². The summed E-state index contributed by atoms with van der Waals surface area (Å²) in [4.78, 5) is 25.8. The third-order valence-corrected chi connectivity index (χ3v) is 6.95. The number of aryl methyl sites for hydroxylation is 1. The standard InChI is InChI=1S/C21H23ClN4O3S2/c1-5-15-12(3)31-19(17(15)20(28)29-4)23-16(27)11-30-21-25-24-18(26(21)6-2)13-7-9-14(22)10-8-13/h7-10H,5-6,11H2,1-4H3,(H,23,27). The van der Waals surface area contributed by atoms with Crippen LogP contribution in [0.4, 0.5) is 5.00 Å². The van der Waals surface area contributed by atoms with Crippen molar-refractivity contribution in [1.29, 1.82) is 0 Å². The van der Waals surface area contributed by atoms with Crippen molar-refractivity contribution in [2.24, 2.45) is 0 Å². The Labute approximate surface area is 194 Å². The molecule has 0 radical (unpaired) electrons. The third-order valence-electron chi connectivity index (χ3n) is 4.67. The molecule has 0 fully saturated rings. The number of halogens is 1. The van der Waals surface area contributed by atoms with E-state index in [1.54, 1.807) is 12.1 Å². The second kappa shape index (κ2) is 10.3. The number of methoxy groups -OCH3 is 1. The van der Waals surface area contributed by atoms with E-state index in [9.17, 15) is 9.59 Å². The number of ether oxygens (including phenoxy) is 1. The quantitative estimate of drug-likeness (QED) is 0.359. The number of rotatable bonds is 8. The average Bonchev–Trinajstić information content (AvgIpc) is 3.31. The summed E-state index contributed by atoms with van der Waals surface area (Å²) in [6.45, 7) is 6.56. The number of carbonyl (C=O) groups excluding carboxylic acids is 2. The fourth-order valence-corrected chi connectivity index (χ4v) is 5.27. The largest absolute Gasteiger partial charge is 0.465 e. The Balaban J connectivity index is 1.74. The summed E-state index contributed by atoms with van der Waals surface area (Å²) in [5, 5.41) is 13.2. The normalized spacial score (nSPS) is 10.9. The van der Waals surface area contributed by atoms with Crippen LogP contribution >= 0.6 is 34.7 Å². The topological polar surface area (TPSA) is 86.1 Å². The number of amides is 1. The first-order valence-electron chi connectivity index (χ1n) is 9.71. The third kappa shape index (κ3) is 5.11. The fraction of sp³-hybridized carbons (Fsp3) is 0.333. The van der Waals surface area contributed by atoms with Crippen molar-refractivity contribution in [2.45, 2.75) is 38.9 Å². The van der Waals surface area contributed by atoms with Crippen molar-refractivity contribution >= 4 is 51.6 Å². The number of thioether (sulfide) groups is 1. The zero-order valence-electron chi connectivity index (χ0n) is 17.7. The molecule has 164 valence electrons. The number of anilines is 1. The molecule has 0 bridgehead atoms. The monoisotopic (exact) mass is 478 g/mol. The maximum Gasteiger partial charge on any atom is 0.341 e. The van der Waals surface area contributed by atoms with Gasteiger partial charge in [-0.3, -0.25) is 4.79 Å². The van der Waals surface area contributed by atoms with Gasteiger partial charge < -0.3 is 14.6 Å². The van der Waals surface area contributed by atoms with Crippen LogP contribution in [0.3, 0.4) is 0 Å². The van der Waals surface area contributed by atoms with E-state index in [0.29, 0.717) is 33.7 Å². The minimum atomic E-state index is -0.442. The van der Waals surface area contributed by atoms with Crippen LogP contribution in [-0.2, 0) is 22.5 Å². The molecule has 10 heteroatoms. The molecule has 1 amide bonds. The Morgan fingerprint density at radius 3 is 2.55 bits per heavy atom. The van der Waals surface area contributed by atoms with Crippen LogP contribution in [0.25, 0.3) is 11.4 Å². The number of hydrogen-bond donors (Lipinski definition) is 1. The smallest absolute Gasteiger partial charge is 0.341 e. The van der Waals surface area contributed by atoms with Crippen LogP contribution in [-0.4, -0.2) is 39.5 Å². The van der Waals surface area contributed by atoms with Gasteiger partial charge >= 0.3 is 5.97 Å². The second-order valence-electron chi connectivity index (χ2n) is 6.58. The van der Waals surface area contributed by atoms with E-state index >= 15 is 0 Å². The number of carbonyl (C=O) groups is 2. The zero-order chi connectivity index (χ0) is 22.5. The van der Waals surface area contributed by atoms with Crippen LogP contribution in [0.1, 0.15) is 34.6 Å². The molecule has 31 heavy (non-hydrogen) atoms. The molecular formula is C21H23ClN4O3S2. The van der Waals surface area contributed by atoms with E-state index in [0.717, 1.165) is 21.8 Å². The number of esters is 1. The van der Waals surface area contributed by atoms with Gasteiger partial charge in [0.15, 0.2) is 11.0 Å². The number of thiophene rings is 1. The van der Waals surface area contributed by atoms with E-state index in [2.05, 4.69) is 15.5 Å². The molecule has 0 spiro atoms. The first kappa shape index (κ1) is 23.3. The molecular weight excluding hydrogens is 456 g/mol. The van der Waals surface area contributed by atoms with Crippen molar-refractivity contribution in [1.82, 2.24) is 14.8 Å². The van der Waals surface area contributed by atoms with Crippen molar-refractivity contribution in [3.05, 3.63) is 45.3 Å². The lowest BCUT2D eigenvalue weighted by Crippen LogP contribution is -2.16. The fourth-order valence-electron chi connectivity index (χ4n) is 3.20. The molecule has 0 saturated heterocycles. The van der Waals surface area contributed by atoms with Gasteiger partial charge in [0.1, 0.15) is 5.00 Å². The molecule has 1 aromatic carbocycles. The van der Waals surface area contributed by atoms with Gasteiger partial charge in [0.2, 0.25) is 5.91 Å². The SMILES string of the molecule is CCc1c(C)sc(NC(=O)CSc2nnc(-c3ccc(Cl)cc3)n2CC)c1C(=O)OC. The van der Waals surface area contributed by atoms with Gasteiger partial charge in [-0.15, -0.1) is 21.5 Å². The summed E-state index contributed by atoms with van der Waals surface area (Å²) in [7, 11) is 1.34. The maximum absolute atomic E-state index is 12.6. The summed E-state index contributed by atoms with van der Waals surface area (Å²) in [5.41, 5.74) is 2.24. The van der Waals surface area contributed by atoms with Gasteiger partial charge in [-0.25, -0.2) is 4.79 Å². The lowest BCUT2D eigenvalue weighted by Gasteiger charge is -2.08. The highest BCUT2D eigenvalue weighted by Crippen LogP contribution is 2.34. The molecule has 7 nitrogen and oxygen atoms in total. The average molecular weight is 479 g/mol. The van der Waals surface area contributed by atoms with Crippen LogP contribution in [0, 0.1) is 6.92 Å². The van der Waals surface area contributed by atoms with E-state index < -0.39 is 5.97 Å². The highest BCUT2D eigenvalue weighted by molar-refractivity contribution is 7.99. The molecule has 0 atom stereocenters. The Kier molecular flexibility index (Phi) is 7.74. The van der Waals surface area contributed by atoms with E-state index in [1.807, 2.05) is 37.5 Å². The second-order valence-corrected chi connectivity index (χ2v) is 9.18. The first-order chi connectivity index (χ1) is 14.9. The molecule has 3 rings (SSSR count). The molecule has 2 aromatic heterocycles. The van der Waals surface area contributed by atoms with Crippen LogP contribution in [0.2, 0.25) is 5.02 Å². The molecule has 0 saturated carbocycles. The Morgan fingerprint density at radius 1 is 1.23 bits per heavy atom. The summed E-state index contributed by atoms with van der Waals surface area (Å²) < 4.78 is 6.86. The highest BCUT2D eigenvalue weighted by Gasteiger charge is 2.23. The number of hydrogen-bond acceptors (Lipinski definition) is 7. The summed E-state index contributed by atoms with van der Waals surface area (Å²) in [6.07, 6.45) is 0.685. The minimum absolute atomic E-state index is 0.137. The Bertz CT molecular complexity index is 1090. The lowest BCUT2D eigenvalue weighted by atomic mass is 10.1. The molecule has 0 aliphatic carbocycles. The van der Waals surface area contributed by atoms with E-state index in [4.69, 9.17) is 16.3 Å². The highest BCUT2D eigenvalue weighted by atomic mass is 35.5. The van der Waals surface area contributed by atoms with Gasteiger partial charge in [-0.2, -0.15) is 0 Å². The number of benzene rings is 1. The number of nitrogens with one attached hydrogen (secondary N) is 1. The Morgan fingerprint density at radius 2 is 1.94 bits per heavy atom. The molecule has 0 unspecified atom stereocenters. The van der Waals surface area contributed by atoms with E-state index in [-0.39, 0.29) is 11.7 Å². The van der Waals surface area contributed by atoms with Gasteiger partial charge in [-0.05, 0) is 50.1 Å². The zero-order valence-corrected chi connectivity index (χ0v) is 20.1. The van der Waals surface area contributed by atoms with Crippen LogP contribution in [0.15, 0.2) is 29.4 Å². The van der Waals surface area contributed by atoms with Crippen LogP contribution in [0.5, 0.6) is 0 Å². The number of aromatic nitrogens is 3. The Hall–Kier alpha value is -2.36. The van der Waals surface area contributed by atoms with E-state index in [1.165, 1.54) is 30.2 Å². The van der Waals surface area contributed by atoms with Crippen molar-refractivity contribution < 1.29 is 14.3 Å². The predicted octanol–water partition coefficient (Wildman–Crippen LogP) is 5.07. The number of nitrogens with zero attached hydrogens (tertiary/aromatic N) is 3. The minimum Gasteiger partial charge on any atom is -0.465 e. The predicted molar refractivity (Wildman–Crippen MR) is 125 cm³/mol. The summed E-state index contributed by atoms with van der Waals surface area (Å²) in [6, 6.07) is 7.38. The van der Waals surface area contributed by atoms with Crippen molar-refractivity contribution in [2.75, 3.05) is 18.2 Å². The van der Waals surface area contributed by atoms with Crippen molar-refractivity contribution in [3.8, 4) is 11.4 Å².